The molecule has 2 N–H and O–H groups in total. The largest absolute Gasteiger partial charge is 0.464 e. The maximum absolute atomic E-state index is 14.5. The molecule has 38 heavy (non-hydrogen) atoms. The molecule has 5 rings (SSSR count). The molecule has 2 fully saturated rings. The molecule has 2 saturated heterocycles. The number of hydrogen-bond acceptors (Lipinski definition) is 8. The van der Waals surface area contributed by atoms with Gasteiger partial charge in [0.2, 0.25) is 0 Å². The van der Waals surface area contributed by atoms with Crippen molar-refractivity contribution in [2.45, 2.75) is 71.6 Å². The van der Waals surface area contributed by atoms with Gasteiger partial charge in [-0.05, 0) is 53.4 Å². The van der Waals surface area contributed by atoms with Crippen LogP contribution in [-0.4, -0.2) is 92.4 Å². The number of aromatic amines is 1. The van der Waals surface area contributed by atoms with E-state index >= 15 is 0 Å². The molecule has 12 heteroatoms. The number of urea groups is 1. The van der Waals surface area contributed by atoms with E-state index in [0.717, 1.165) is 56.6 Å². The lowest BCUT2D eigenvalue weighted by Gasteiger charge is -2.47. The Morgan fingerprint density at radius 2 is 2.00 bits per heavy atom. The second-order valence-electron chi connectivity index (χ2n) is 11.1. The quantitative estimate of drug-likeness (QED) is 0.584. The molecule has 208 valence electrons. The number of amides is 2. The van der Waals surface area contributed by atoms with Gasteiger partial charge in [0.05, 0.1) is 30.6 Å². The predicted molar refractivity (Wildman–Crippen MR) is 140 cm³/mol. The molecule has 2 amide bonds. The number of carbonyl (C=O) groups is 1. The first-order chi connectivity index (χ1) is 18.2. The van der Waals surface area contributed by atoms with Crippen molar-refractivity contribution in [3.05, 3.63) is 23.3 Å². The SMILES string of the molecule is CCOc1ncc(F)c(Nc2n[nH]c3c2CN(C(=O)N2CC(C)N(CC4CCOCC4)C[C@@H]2C)C3(C)C)n1. The van der Waals surface area contributed by atoms with Gasteiger partial charge in [-0.15, -0.1) is 0 Å². The Hall–Kier alpha value is -2.99. The molecule has 0 radical (unpaired) electrons. The third-order valence-electron chi connectivity index (χ3n) is 8.13. The Morgan fingerprint density at radius 3 is 2.74 bits per heavy atom. The van der Waals surface area contributed by atoms with Crippen LogP contribution >= 0.6 is 0 Å². The normalized spacial score (nSPS) is 23.9. The summed E-state index contributed by atoms with van der Waals surface area (Å²) in [4.78, 5) is 28.3. The van der Waals surface area contributed by atoms with Crippen LogP contribution in [0.4, 0.5) is 20.8 Å². The molecule has 3 aliphatic rings. The molecule has 2 atom stereocenters. The van der Waals surface area contributed by atoms with Gasteiger partial charge < -0.3 is 24.6 Å². The smallest absolute Gasteiger partial charge is 0.321 e. The van der Waals surface area contributed by atoms with Gasteiger partial charge in [0, 0.05) is 50.5 Å². The van der Waals surface area contributed by atoms with Crippen LogP contribution in [0.1, 0.15) is 58.7 Å². The van der Waals surface area contributed by atoms with Gasteiger partial charge in [-0.2, -0.15) is 10.1 Å². The predicted octanol–water partition coefficient (Wildman–Crippen LogP) is 3.47. The Balaban J connectivity index is 1.29. The van der Waals surface area contributed by atoms with Crippen LogP contribution in [-0.2, 0) is 16.8 Å². The standard InChI is InChI=1S/C26H39FN8O3/c1-6-38-24-28-11-20(27)23(30-24)29-22-19-15-35(26(4,5)21(19)31-32-22)25(36)34-13-16(2)33(12-17(34)3)14-18-7-9-37-10-8-18/h11,16-18H,6-10,12-15H2,1-5H3,(H2,28,29,30,31,32)/t16?,17-/m0/s1. The van der Waals surface area contributed by atoms with Gasteiger partial charge in [-0.25, -0.2) is 14.2 Å². The molecular weight excluding hydrogens is 491 g/mol. The number of nitrogens with one attached hydrogen (secondary N) is 2. The number of halogens is 1. The minimum atomic E-state index is -0.614. The van der Waals surface area contributed by atoms with Gasteiger partial charge in [0.1, 0.15) is 0 Å². The lowest BCUT2D eigenvalue weighted by Crippen LogP contribution is -2.62. The highest BCUT2D eigenvalue weighted by atomic mass is 19.1. The number of ether oxygens (including phenoxy) is 2. The summed E-state index contributed by atoms with van der Waals surface area (Å²) in [6, 6.07) is 0.457. The first-order valence-corrected chi connectivity index (χ1v) is 13.6. The number of nitrogens with zero attached hydrogens (tertiary/aromatic N) is 6. The summed E-state index contributed by atoms with van der Waals surface area (Å²) < 4.78 is 25.3. The van der Waals surface area contributed by atoms with E-state index in [4.69, 9.17) is 9.47 Å². The number of anilines is 2. The topological polar surface area (TPSA) is 112 Å². The minimum Gasteiger partial charge on any atom is -0.464 e. The molecule has 2 aromatic rings. The van der Waals surface area contributed by atoms with Crippen LogP contribution < -0.4 is 10.1 Å². The number of hydrogen-bond donors (Lipinski definition) is 2. The highest BCUT2D eigenvalue weighted by Gasteiger charge is 2.47. The summed E-state index contributed by atoms with van der Waals surface area (Å²) in [5, 5.41) is 10.4. The molecule has 0 aromatic carbocycles. The number of fused-ring (bicyclic) bond motifs is 1. The lowest BCUT2D eigenvalue weighted by atomic mass is 9.97. The zero-order chi connectivity index (χ0) is 27.0. The average Bonchev–Trinajstić information content (AvgIpc) is 3.41. The summed E-state index contributed by atoms with van der Waals surface area (Å²) in [5.74, 6) is 0.456. The van der Waals surface area contributed by atoms with Crippen LogP contribution in [0.2, 0.25) is 0 Å². The van der Waals surface area contributed by atoms with E-state index in [1.165, 1.54) is 0 Å². The first-order valence-electron chi connectivity index (χ1n) is 13.6. The minimum absolute atomic E-state index is 0.00228. The van der Waals surface area contributed by atoms with Crippen molar-refractivity contribution in [2.75, 3.05) is 44.8 Å². The van der Waals surface area contributed by atoms with Crippen molar-refractivity contribution in [1.29, 1.82) is 0 Å². The lowest BCUT2D eigenvalue weighted by molar-refractivity contribution is 0.00882. The van der Waals surface area contributed by atoms with Crippen molar-refractivity contribution in [3.8, 4) is 6.01 Å². The van der Waals surface area contributed by atoms with Gasteiger partial charge in [0.15, 0.2) is 17.5 Å². The third-order valence-corrected chi connectivity index (χ3v) is 8.13. The van der Waals surface area contributed by atoms with E-state index in [2.05, 4.69) is 44.2 Å². The number of piperazine rings is 1. The van der Waals surface area contributed by atoms with Crippen molar-refractivity contribution < 1.29 is 18.7 Å². The molecule has 5 heterocycles. The van der Waals surface area contributed by atoms with E-state index in [1.54, 1.807) is 0 Å². The molecule has 0 spiro atoms. The van der Waals surface area contributed by atoms with E-state index < -0.39 is 11.4 Å². The van der Waals surface area contributed by atoms with E-state index in [9.17, 15) is 9.18 Å². The monoisotopic (exact) mass is 530 g/mol. The van der Waals surface area contributed by atoms with Gasteiger partial charge >= 0.3 is 12.0 Å². The summed E-state index contributed by atoms with van der Waals surface area (Å²) in [5.41, 5.74) is 1.03. The van der Waals surface area contributed by atoms with Gasteiger partial charge in [0.25, 0.3) is 0 Å². The van der Waals surface area contributed by atoms with Crippen molar-refractivity contribution in [1.82, 2.24) is 34.9 Å². The number of rotatable bonds is 6. The zero-order valence-electron chi connectivity index (χ0n) is 23.0. The Kier molecular flexibility index (Phi) is 7.45. The van der Waals surface area contributed by atoms with Gasteiger partial charge in [-0.3, -0.25) is 10.00 Å². The Morgan fingerprint density at radius 1 is 1.24 bits per heavy atom. The van der Waals surface area contributed by atoms with Crippen LogP contribution in [0.3, 0.4) is 0 Å². The van der Waals surface area contributed by atoms with Crippen molar-refractivity contribution >= 4 is 17.7 Å². The highest BCUT2D eigenvalue weighted by molar-refractivity contribution is 5.78. The van der Waals surface area contributed by atoms with Crippen molar-refractivity contribution in [3.63, 3.8) is 0 Å². The summed E-state index contributed by atoms with van der Waals surface area (Å²) >= 11 is 0. The number of H-pyrrole nitrogens is 1. The maximum atomic E-state index is 14.5. The van der Waals surface area contributed by atoms with Crippen molar-refractivity contribution in [2.24, 2.45) is 5.92 Å². The summed E-state index contributed by atoms with van der Waals surface area (Å²) in [6.45, 7) is 15.2. The molecule has 1 unspecified atom stereocenters. The third kappa shape index (κ3) is 5.03. The second kappa shape index (κ2) is 10.6. The molecular formula is C26H39FN8O3. The number of aromatic nitrogens is 4. The van der Waals surface area contributed by atoms with Crippen LogP contribution in [0, 0.1) is 11.7 Å². The summed E-state index contributed by atoms with van der Waals surface area (Å²) in [7, 11) is 0. The van der Waals surface area contributed by atoms with Crippen LogP contribution in [0.25, 0.3) is 0 Å². The molecule has 3 aliphatic heterocycles. The van der Waals surface area contributed by atoms with Crippen LogP contribution in [0.15, 0.2) is 6.20 Å². The molecule has 2 aromatic heterocycles. The van der Waals surface area contributed by atoms with Crippen LogP contribution in [0.5, 0.6) is 6.01 Å². The number of carbonyl (C=O) groups excluding carboxylic acids is 1. The Labute approximate surface area is 223 Å². The second-order valence-corrected chi connectivity index (χ2v) is 11.1. The molecule has 0 saturated carbocycles. The van der Waals surface area contributed by atoms with E-state index in [1.807, 2.05) is 30.6 Å². The maximum Gasteiger partial charge on any atom is 0.321 e. The Bertz CT molecular complexity index is 1150. The summed E-state index contributed by atoms with van der Waals surface area (Å²) in [6.07, 6.45) is 3.28. The molecule has 0 aliphatic carbocycles. The van der Waals surface area contributed by atoms with E-state index in [0.29, 0.717) is 31.4 Å². The fraction of sp³-hybridized carbons (Fsp3) is 0.692. The first kappa shape index (κ1) is 26.6. The fourth-order valence-corrected chi connectivity index (χ4v) is 5.81. The average molecular weight is 531 g/mol. The van der Waals surface area contributed by atoms with E-state index in [-0.39, 0.29) is 29.9 Å². The highest BCUT2D eigenvalue weighted by Crippen LogP contribution is 2.42. The fourth-order valence-electron chi connectivity index (χ4n) is 5.81. The zero-order valence-corrected chi connectivity index (χ0v) is 23.0. The molecule has 0 bridgehead atoms. The molecule has 11 nitrogen and oxygen atoms in total. The van der Waals surface area contributed by atoms with Gasteiger partial charge in [-0.1, -0.05) is 0 Å².